The second-order valence-corrected chi connectivity index (χ2v) is 10.9. The molecule has 0 N–H and O–H groups in total. The first-order chi connectivity index (χ1) is 19.8. The molecular weight excluding hydrogens is 527 g/mol. The van der Waals surface area contributed by atoms with E-state index in [1.165, 1.54) is 16.7 Å². The zero-order chi connectivity index (χ0) is 28.8. The third kappa shape index (κ3) is 4.66. The highest BCUT2D eigenvalue weighted by molar-refractivity contribution is 5.91. The van der Waals surface area contributed by atoms with Gasteiger partial charge in [-0.25, -0.2) is 18.7 Å². The monoisotopic (exact) mass is 558 g/mol. The van der Waals surface area contributed by atoms with E-state index in [0.29, 0.717) is 55.3 Å². The highest BCUT2D eigenvalue weighted by Crippen LogP contribution is 2.33. The number of hydrogen-bond donors (Lipinski definition) is 0. The topological polar surface area (TPSA) is 123 Å². The van der Waals surface area contributed by atoms with Crippen molar-refractivity contribution in [1.82, 2.24) is 34.6 Å². The molecule has 0 spiro atoms. The normalized spacial score (nSPS) is 17.2. The standard InChI is InChI=1S/C29H31FN8O3/c1-5-22(39)36-12-13-37(17(4)15-36)27-19-14-20(30)24-26-32-21(41-35-26)9-7-6-8-18-10-11-31-23(16(2)3)25(18)38(28(19)33-24)29(40)34-27/h5,10-11,14,16-17H,1,6-9,12-13,15H2,2-4H3/t17-/m0/s1. The maximum atomic E-state index is 15.8. The molecule has 6 rings (SSSR count). The van der Waals surface area contributed by atoms with Gasteiger partial charge in [-0.2, -0.15) is 9.97 Å². The molecule has 4 aromatic rings. The Morgan fingerprint density at radius 3 is 2.76 bits per heavy atom. The Morgan fingerprint density at radius 1 is 1.20 bits per heavy atom. The van der Waals surface area contributed by atoms with Crippen LogP contribution in [0, 0.1) is 5.82 Å². The Labute approximate surface area is 235 Å². The summed E-state index contributed by atoms with van der Waals surface area (Å²) in [6.07, 6.45) is 5.85. The maximum absolute atomic E-state index is 15.8. The van der Waals surface area contributed by atoms with E-state index in [9.17, 15) is 9.59 Å². The minimum absolute atomic E-state index is 0.00276. The van der Waals surface area contributed by atoms with Crippen LogP contribution >= 0.6 is 0 Å². The lowest BCUT2D eigenvalue weighted by Gasteiger charge is -2.40. The Morgan fingerprint density at radius 2 is 2.00 bits per heavy atom. The van der Waals surface area contributed by atoms with E-state index in [-0.39, 0.29) is 35.0 Å². The number of nitrogens with zero attached hydrogens (tertiary/aromatic N) is 8. The number of carbonyl (C=O) groups excluding carboxylic acids is 1. The smallest absolute Gasteiger partial charge is 0.350 e. The van der Waals surface area contributed by atoms with Crippen molar-refractivity contribution < 1.29 is 13.7 Å². The van der Waals surface area contributed by atoms with E-state index < -0.39 is 11.5 Å². The first-order valence-electron chi connectivity index (χ1n) is 13.9. The molecule has 11 nitrogen and oxygen atoms in total. The molecule has 1 saturated heterocycles. The van der Waals surface area contributed by atoms with E-state index >= 15 is 4.39 Å². The molecular formula is C29H31FN8O3. The lowest BCUT2D eigenvalue weighted by molar-refractivity contribution is -0.126. The van der Waals surface area contributed by atoms with Crippen LogP contribution in [0.3, 0.4) is 0 Å². The van der Waals surface area contributed by atoms with Crippen LogP contribution < -0.4 is 10.6 Å². The van der Waals surface area contributed by atoms with Crippen LogP contribution in [-0.2, 0) is 17.6 Å². The summed E-state index contributed by atoms with van der Waals surface area (Å²) in [6.45, 7) is 10.8. The summed E-state index contributed by atoms with van der Waals surface area (Å²) in [5.41, 5.74) is 1.87. The van der Waals surface area contributed by atoms with Crippen LogP contribution in [0.25, 0.3) is 28.2 Å². The van der Waals surface area contributed by atoms with Gasteiger partial charge in [0.2, 0.25) is 17.6 Å². The molecule has 4 aromatic heterocycles. The van der Waals surface area contributed by atoms with Crippen LogP contribution in [0.15, 0.2) is 40.3 Å². The fraction of sp³-hybridized carbons (Fsp3) is 0.414. The first-order valence-corrected chi connectivity index (χ1v) is 13.9. The predicted molar refractivity (Wildman–Crippen MR) is 150 cm³/mol. The van der Waals surface area contributed by atoms with Crippen molar-refractivity contribution in [3.05, 3.63) is 64.4 Å². The number of pyridine rings is 2. The summed E-state index contributed by atoms with van der Waals surface area (Å²) in [6, 6.07) is 3.06. The van der Waals surface area contributed by atoms with E-state index in [1.54, 1.807) is 11.1 Å². The molecule has 0 saturated carbocycles. The van der Waals surface area contributed by atoms with Gasteiger partial charge in [0, 0.05) is 38.3 Å². The van der Waals surface area contributed by atoms with Crippen molar-refractivity contribution in [3.63, 3.8) is 0 Å². The third-order valence-electron chi connectivity index (χ3n) is 7.76. The van der Waals surface area contributed by atoms with Crippen molar-refractivity contribution in [3.8, 4) is 17.2 Å². The number of amides is 1. The molecule has 212 valence electrons. The molecule has 12 heteroatoms. The lowest BCUT2D eigenvalue weighted by Crippen LogP contribution is -2.54. The highest BCUT2D eigenvalue weighted by Gasteiger charge is 2.31. The Balaban J connectivity index is 1.64. The molecule has 4 bridgehead atoms. The molecule has 6 heterocycles. The van der Waals surface area contributed by atoms with Crippen LogP contribution in [-0.4, -0.2) is 66.1 Å². The van der Waals surface area contributed by atoms with Gasteiger partial charge in [-0.3, -0.25) is 9.78 Å². The SMILES string of the molecule is C=CC(=O)N1CCN(c2nc(=O)n3c4nc(c(F)cc24)-c2noc(n2)CCCCc2ccnc(C(C)C)c2-3)[C@@H](C)C1. The zero-order valence-electron chi connectivity index (χ0n) is 23.3. The number of fused-ring (bicyclic) bond motifs is 6. The van der Waals surface area contributed by atoms with Crippen LogP contribution in [0.4, 0.5) is 10.2 Å². The van der Waals surface area contributed by atoms with Crippen molar-refractivity contribution in [1.29, 1.82) is 0 Å². The molecule has 2 aliphatic heterocycles. The summed E-state index contributed by atoms with van der Waals surface area (Å²) in [5, 5.41) is 4.36. The molecule has 0 aromatic carbocycles. The Bertz CT molecular complexity index is 1730. The van der Waals surface area contributed by atoms with E-state index in [0.717, 1.165) is 24.1 Å². The molecule has 1 amide bonds. The van der Waals surface area contributed by atoms with Crippen molar-refractivity contribution in [2.75, 3.05) is 24.5 Å². The largest absolute Gasteiger partial charge is 0.355 e. The Hall–Kier alpha value is -4.48. The molecule has 0 radical (unpaired) electrons. The van der Waals surface area contributed by atoms with E-state index in [1.807, 2.05) is 31.7 Å². The number of piperazine rings is 1. The average molecular weight is 559 g/mol. The van der Waals surface area contributed by atoms with Crippen LogP contribution in [0.5, 0.6) is 0 Å². The fourth-order valence-electron chi connectivity index (χ4n) is 5.72. The predicted octanol–water partition coefficient (Wildman–Crippen LogP) is 3.59. The summed E-state index contributed by atoms with van der Waals surface area (Å²) < 4.78 is 22.6. The van der Waals surface area contributed by atoms with Crippen LogP contribution in [0.1, 0.15) is 56.7 Å². The summed E-state index contributed by atoms with van der Waals surface area (Å²) in [7, 11) is 0. The zero-order valence-corrected chi connectivity index (χ0v) is 23.3. The molecule has 0 unspecified atom stereocenters. The fourth-order valence-corrected chi connectivity index (χ4v) is 5.72. The maximum Gasteiger partial charge on any atom is 0.355 e. The van der Waals surface area contributed by atoms with Crippen molar-refractivity contribution in [2.24, 2.45) is 0 Å². The quantitative estimate of drug-likeness (QED) is 0.347. The summed E-state index contributed by atoms with van der Waals surface area (Å²) in [4.78, 5) is 48.2. The minimum atomic E-state index is -0.656. The van der Waals surface area contributed by atoms with Gasteiger partial charge in [0.25, 0.3) is 0 Å². The van der Waals surface area contributed by atoms with Gasteiger partial charge in [0.1, 0.15) is 11.5 Å². The number of anilines is 1. The molecule has 0 aliphatic carbocycles. The molecule has 1 atom stereocenters. The molecule has 1 fully saturated rings. The highest BCUT2D eigenvalue weighted by atomic mass is 19.1. The van der Waals surface area contributed by atoms with Gasteiger partial charge in [0.15, 0.2) is 11.5 Å². The van der Waals surface area contributed by atoms with Crippen molar-refractivity contribution in [2.45, 2.75) is 58.4 Å². The second-order valence-electron chi connectivity index (χ2n) is 10.9. The first kappa shape index (κ1) is 26.7. The summed E-state index contributed by atoms with van der Waals surface area (Å²) in [5.74, 6) is -0.0757. The number of aromatic nitrogens is 6. The van der Waals surface area contributed by atoms with Gasteiger partial charge in [-0.15, -0.1) is 0 Å². The van der Waals surface area contributed by atoms with Crippen LogP contribution in [0.2, 0.25) is 0 Å². The van der Waals surface area contributed by atoms with E-state index in [4.69, 9.17) is 9.51 Å². The number of halogens is 1. The number of aryl methyl sites for hydroxylation is 2. The van der Waals surface area contributed by atoms with Gasteiger partial charge in [0.05, 0.1) is 16.8 Å². The van der Waals surface area contributed by atoms with Gasteiger partial charge < -0.3 is 14.3 Å². The average Bonchev–Trinajstić information content (AvgIpc) is 3.43. The molecule has 2 aliphatic rings. The summed E-state index contributed by atoms with van der Waals surface area (Å²) >= 11 is 0. The second kappa shape index (κ2) is 10.5. The Kier molecular flexibility index (Phi) is 6.84. The van der Waals surface area contributed by atoms with Gasteiger partial charge in [-0.05, 0) is 55.9 Å². The number of carbonyl (C=O) groups is 1. The lowest BCUT2D eigenvalue weighted by atomic mass is 10.00. The van der Waals surface area contributed by atoms with E-state index in [2.05, 4.69) is 26.7 Å². The minimum Gasteiger partial charge on any atom is -0.350 e. The number of rotatable bonds is 3. The van der Waals surface area contributed by atoms with Gasteiger partial charge in [-0.1, -0.05) is 25.6 Å². The van der Waals surface area contributed by atoms with Gasteiger partial charge >= 0.3 is 5.69 Å². The molecule has 41 heavy (non-hydrogen) atoms. The number of hydrogen-bond acceptors (Lipinski definition) is 9. The van der Waals surface area contributed by atoms with Crippen molar-refractivity contribution >= 4 is 22.8 Å². The third-order valence-corrected chi connectivity index (χ3v) is 7.76.